The molecule has 2 aromatic rings. The lowest BCUT2D eigenvalue weighted by atomic mass is 9.89. The van der Waals surface area contributed by atoms with Crippen LogP contribution in [0.1, 0.15) is 68.5 Å². The van der Waals surface area contributed by atoms with Crippen molar-refractivity contribution in [1.82, 2.24) is 25.3 Å². The summed E-state index contributed by atoms with van der Waals surface area (Å²) in [6.07, 6.45) is 6.72. The number of rotatable bonds is 7. The molecule has 1 N–H and O–H groups in total. The van der Waals surface area contributed by atoms with Crippen LogP contribution in [0.25, 0.3) is 0 Å². The Morgan fingerprint density at radius 3 is 2.52 bits per heavy atom. The molecule has 2 aliphatic rings. The molecule has 4 rings (SSSR count). The van der Waals surface area contributed by atoms with E-state index in [2.05, 4.69) is 26.4 Å². The minimum Gasteiger partial charge on any atom is -0.343 e. The number of amides is 2. The maximum atomic E-state index is 12.7. The zero-order valence-electron chi connectivity index (χ0n) is 19.1. The minimum absolute atomic E-state index is 0.0836. The quantitative estimate of drug-likeness (QED) is 0.590. The van der Waals surface area contributed by atoms with Crippen LogP contribution in [0.4, 0.5) is 0 Å². The van der Waals surface area contributed by atoms with Crippen LogP contribution in [0.2, 0.25) is 4.34 Å². The van der Waals surface area contributed by atoms with Gasteiger partial charge in [-0.2, -0.15) is 4.98 Å². The van der Waals surface area contributed by atoms with E-state index in [9.17, 15) is 9.59 Å². The number of aromatic nitrogens is 2. The molecule has 1 aliphatic carbocycles. The third-order valence-electron chi connectivity index (χ3n) is 6.55. The fourth-order valence-corrected chi connectivity index (χ4v) is 5.94. The van der Waals surface area contributed by atoms with E-state index in [1.165, 1.54) is 11.8 Å². The molecule has 1 aliphatic heterocycles. The van der Waals surface area contributed by atoms with E-state index in [-0.39, 0.29) is 11.8 Å². The highest BCUT2D eigenvalue weighted by Crippen LogP contribution is 2.34. The maximum Gasteiger partial charge on any atom is 0.227 e. The molecule has 0 unspecified atom stereocenters. The standard InChI is InChI=1S/C23H32ClN5O3S/c1-17(30)26-23(10-4-2-3-5-11-23)22-25-20(32-27-22)8-9-21(31)29-14-12-28(13-15-29)16-18-6-7-19(24)33-18/h6-7H,2-5,8-16H2,1H3,(H,26,30). The van der Waals surface area contributed by atoms with Crippen LogP contribution in [-0.2, 0) is 28.1 Å². The normalized spacial score (nSPS) is 19.3. The zero-order chi connectivity index (χ0) is 23.3. The first-order valence-corrected chi connectivity index (χ1v) is 13.0. The number of aryl methyl sites for hydroxylation is 1. The molecule has 2 amide bonds. The van der Waals surface area contributed by atoms with Crippen LogP contribution in [0.15, 0.2) is 16.7 Å². The van der Waals surface area contributed by atoms with Crippen molar-refractivity contribution in [3.8, 4) is 0 Å². The molecule has 10 heteroatoms. The summed E-state index contributed by atoms with van der Waals surface area (Å²) in [4.78, 5) is 34.7. The summed E-state index contributed by atoms with van der Waals surface area (Å²) in [5.74, 6) is 1.03. The fraction of sp³-hybridized carbons (Fsp3) is 0.652. The molecule has 1 saturated carbocycles. The van der Waals surface area contributed by atoms with E-state index in [0.29, 0.717) is 24.6 Å². The van der Waals surface area contributed by atoms with Gasteiger partial charge in [0, 0.05) is 57.4 Å². The largest absolute Gasteiger partial charge is 0.343 e. The Morgan fingerprint density at radius 2 is 1.88 bits per heavy atom. The molecule has 0 aromatic carbocycles. The van der Waals surface area contributed by atoms with Crippen molar-refractivity contribution in [1.29, 1.82) is 0 Å². The van der Waals surface area contributed by atoms with Gasteiger partial charge < -0.3 is 14.7 Å². The summed E-state index contributed by atoms with van der Waals surface area (Å²) in [7, 11) is 0. The summed E-state index contributed by atoms with van der Waals surface area (Å²) in [6.45, 7) is 5.55. The third kappa shape index (κ3) is 6.33. The predicted molar refractivity (Wildman–Crippen MR) is 127 cm³/mol. The van der Waals surface area contributed by atoms with Crippen LogP contribution in [0.5, 0.6) is 0 Å². The molecule has 1 saturated heterocycles. The Balaban J connectivity index is 1.28. The maximum absolute atomic E-state index is 12.7. The lowest BCUT2D eigenvalue weighted by molar-refractivity contribution is -0.133. The lowest BCUT2D eigenvalue weighted by Gasteiger charge is -2.34. The average Bonchev–Trinajstić information content (AvgIpc) is 3.37. The van der Waals surface area contributed by atoms with Gasteiger partial charge in [0.2, 0.25) is 17.7 Å². The Kier molecular flexibility index (Phi) is 8.03. The Morgan fingerprint density at radius 1 is 1.15 bits per heavy atom. The number of halogens is 1. The van der Waals surface area contributed by atoms with Gasteiger partial charge in [0.15, 0.2) is 5.82 Å². The van der Waals surface area contributed by atoms with Gasteiger partial charge in [0.1, 0.15) is 5.54 Å². The van der Waals surface area contributed by atoms with Gasteiger partial charge in [-0.1, -0.05) is 42.4 Å². The van der Waals surface area contributed by atoms with E-state index in [1.54, 1.807) is 11.3 Å². The van der Waals surface area contributed by atoms with E-state index >= 15 is 0 Å². The Labute approximate surface area is 203 Å². The molecule has 180 valence electrons. The van der Waals surface area contributed by atoms with Crippen LogP contribution in [0.3, 0.4) is 0 Å². The van der Waals surface area contributed by atoms with Gasteiger partial charge >= 0.3 is 0 Å². The molecule has 0 atom stereocenters. The highest BCUT2D eigenvalue weighted by molar-refractivity contribution is 7.16. The minimum atomic E-state index is -0.558. The smallest absolute Gasteiger partial charge is 0.227 e. The second-order valence-corrected chi connectivity index (χ2v) is 10.9. The highest BCUT2D eigenvalue weighted by Gasteiger charge is 2.38. The van der Waals surface area contributed by atoms with Crippen molar-refractivity contribution in [2.75, 3.05) is 26.2 Å². The monoisotopic (exact) mass is 493 g/mol. The van der Waals surface area contributed by atoms with Crippen LogP contribution >= 0.6 is 22.9 Å². The lowest BCUT2D eigenvalue weighted by Crippen LogP contribution is -2.48. The molecule has 3 heterocycles. The van der Waals surface area contributed by atoms with Gasteiger partial charge in [-0.25, -0.2) is 0 Å². The van der Waals surface area contributed by atoms with Crippen LogP contribution in [0, 0.1) is 0 Å². The van der Waals surface area contributed by atoms with E-state index in [4.69, 9.17) is 16.1 Å². The average molecular weight is 494 g/mol. The Hall–Kier alpha value is -1.97. The molecule has 2 aromatic heterocycles. The number of thiophene rings is 1. The number of nitrogens with zero attached hydrogens (tertiary/aromatic N) is 4. The van der Waals surface area contributed by atoms with Gasteiger partial charge in [-0.15, -0.1) is 11.3 Å². The van der Waals surface area contributed by atoms with Crippen molar-refractivity contribution in [2.45, 2.75) is 70.4 Å². The SMILES string of the molecule is CC(=O)NC1(c2noc(CCC(=O)N3CCN(Cc4ccc(Cl)s4)CC3)n2)CCCCCC1. The van der Waals surface area contributed by atoms with Crippen LogP contribution < -0.4 is 5.32 Å². The summed E-state index contributed by atoms with van der Waals surface area (Å²) in [6, 6.07) is 3.99. The predicted octanol–water partition coefficient (Wildman–Crippen LogP) is 3.75. The number of hydrogen-bond acceptors (Lipinski definition) is 7. The highest BCUT2D eigenvalue weighted by atomic mass is 35.5. The number of nitrogens with one attached hydrogen (secondary N) is 1. The Bertz CT molecular complexity index is 946. The molecular weight excluding hydrogens is 462 g/mol. The summed E-state index contributed by atoms with van der Waals surface area (Å²) < 4.78 is 6.30. The van der Waals surface area contributed by atoms with Gasteiger partial charge in [0.25, 0.3) is 0 Å². The first kappa shape index (κ1) is 24.2. The molecule has 2 fully saturated rings. The molecular formula is C23H32ClN5O3S. The summed E-state index contributed by atoms with van der Waals surface area (Å²) >= 11 is 7.63. The first-order valence-electron chi connectivity index (χ1n) is 11.8. The summed E-state index contributed by atoms with van der Waals surface area (Å²) in [5, 5.41) is 7.30. The molecule has 0 bridgehead atoms. The molecule has 0 radical (unpaired) electrons. The van der Waals surface area contributed by atoms with E-state index in [1.807, 2.05) is 11.0 Å². The molecule has 8 nitrogen and oxygen atoms in total. The zero-order valence-corrected chi connectivity index (χ0v) is 20.7. The van der Waals surface area contributed by atoms with Gasteiger partial charge in [0.05, 0.1) is 4.34 Å². The van der Waals surface area contributed by atoms with Crippen molar-refractivity contribution in [2.24, 2.45) is 0 Å². The van der Waals surface area contributed by atoms with E-state index < -0.39 is 5.54 Å². The number of piperazine rings is 1. The van der Waals surface area contributed by atoms with Crippen molar-refractivity contribution < 1.29 is 14.1 Å². The third-order valence-corrected chi connectivity index (χ3v) is 7.77. The van der Waals surface area contributed by atoms with Gasteiger partial charge in [-0.05, 0) is 25.0 Å². The molecule has 0 spiro atoms. The topological polar surface area (TPSA) is 91.6 Å². The first-order chi connectivity index (χ1) is 15.9. The van der Waals surface area contributed by atoms with E-state index in [0.717, 1.165) is 75.6 Å². The number of carbonyl (C=O) groups is 2. The molecule has 33 heavy (non-hydrogen) atoms. The number of carbonyl (C=O) groups excluding carboxylic acids is 2. The fourth-order valence-electron chi connectivity index (χ4n) is 4.81. The van der Waals surface area contributed by atoms with Crippen LogP contribution in [-0.4, -0.2) is 57.9 Å². The summed E-state index contributed by atoms with van der Waals surface area (Å²) in [5.41, 5.74) is -0.558. The van der Waals surface area contributed by atoms with Gasteiger partial charge in [-0.3, -0.25) is 14.5 Å². The van der Waals surface area contributed by atoms with Crippen molar-refractivity contribution in [3.05, 3.63) is 33.1 Å². The second kappa shape index (κ2) is 11.0. The second-order valence-electron chi connectivity index (χ2n) is 9.05. The van der Waals surface area contributed by atoms with Crippen molar-refractivity contribution in [3.63, 3.8) is 0 Å². The van der Waals surface area contributed by atoms with Crippen molar-refractivity contribution >= 4 is 34.8 Å². The number of hydrogen-bond donors (Lipinski definition) is 1.